The number of nitrogens with one attached hydrogen (secondary N) is 1. The average Bonchev–Trinajstić information content (AvgIpc) is 2.27. The molecule has 0 saturated carbocycles. The lowest BCUT2D eigenvalue weighted by molar-refractivity contribution is -0.128. The Morgan fingerprint density at radius 1 is 1.22 bits per heavy atom. The van der Waals surface area contributed by atoms with Gasteiger partial charge in [-0.05, 0) is 11.6 Å². The minimum atomic E-state index is -0.433. The standard InChI is InChI=1S/C14H18ClNO2/c1-14(2,3)12(17)9-16-13(18)8-10-6-4-5-7-11(10)15/h4-7H,8-9H2,1-3H3,(H,16,18). The van der Waals surface area contributed by atoms with E-state index in [1.807, 2.05) is 32.9 Å². The molecule has 1 amide bonds. The van der Waals surface area contributed by atoms with E-state index in [1.165, 1.54) is 0 Å². The van der Waals surface area contributed by atoms with Crippen molar-refractivity contribution < 1.29 is 9.59 Å². The minimum Gasteiger partial charge on any atom is -0.349 e. The normalized spacial score (nSPS) is 11.1. The summed E-state index contributed by atoms with van der Waals surface area (Å²) in [4.78, 5) is 23.3. The Hall–Kier alpha value is -1.35. The van der Waals surface area contributed by atoms with Crippen LogP contribution in [0.25, 0.3) is 0 Å². The van der Waals surface area contributed by atoms with Gasteiger partial charge in [-0.25, -0.2) is 0 Å². The Labute approximate surface area is 113 Å². The van der Waals surface area contributed by atoms with E-state index >= 15 is 0 Å². The molecule has 1 aromatic carbocycles. The first-order valence-corrected chi connectivity index (χ1v) is 6.22. The van der Waals surface area contributed by atoms with Crippen LogP contribution in [0.5, 0.6) is 0 Å². The molecule has 0 aliphatic heterocycles. The van der Waals surface area contributed by atoms with Crippen molar-refractivity contribution >= 4 is 23.3 Å². The summed E-state index contributed by atoms with van der Waals surface area (Å²) in [6, 6.07) is 7.18. The number of ketones is 1. The lowest BCUT2D eigenvalue weighted by Crippen LogP contribution is -2.36. The van der Waals surface area contributed by atoms with Crippen molar-refractivity contribution in [2.45, 2.75) is 27.2 Å². The molecule has 0 spiro atoms. The van der Waals surface area contributed by atoms with Crippen LogP contribution < -0.4 is 5.32 Å². The van der Waals surface area contributed by atoms with Crippen LogP contribution in [0.4, 0.5) is 0 Å². The molecule has 0 bridgehead atoms. The topological polar surface area (TPSA) is 46.2 Å². The Morgan fingerprint density at radius 2 is 1.83 bits per heavy atom. The summed E-state index contributed by atoms with van der Waals surface area (Å²) in [5, 5.41) is 3.18. The van der Waals surface area contributed by atoms with Gasteiger partial charge in [0.15, 0.2) is 5.78 Å². The largest absolute Gasteiger partial charge is 0.349 e. The molecule has 1 N–H and O–H groups in total. The molecule has 0 aliphatic rings. The van der Waals surface area contributed by atoms with Crippen molar-refractivity contribution in [2.24, 2.45) is 5.41 Å². The zero-order valence-electron chi connectivity index (χ0n) is 10.9. The van der Waals surface area contributed by atoms with Gasteiger partial charge in [0.25, 0.3) is 0 Å². The fourth-order valence-corrected chi connectivity index (χ4v) is 1.52. The van der Waals surface area contributed by atoms with Crippen molar-refractivity contribution in [1.82, 2.24) is 5.32 Å². The highest BCUT2D eigenvalue weighted by Crippen LogP contribution is 2.16. The van der Waals surface area contributed by atoms with Crippen LogP contribution in [0.15, 0.2) is 24.3 Å². The molecular weight excluding hydrogens is 250 g/mol. The van der Waals surface area contributed by atoms with E-state index in [4.69, 9.17) is 11.6 Å². The number of amides is 1. The van der Waals surface area contributed by atoms with E-state index in [-0.39, 0.29) is 24.7 Å². The molecule has 18 heavy (non-hydrogen) atoms. The molecule has 1 aromatic rings. The fourth-order valence-electron chi connectivity index (χ4n) is 1.32. The number of hydrogen-bond acceptors (Lipinski definition) is 2. The first kappa shape index (κ1) is 14.7. The third-order valence-electron chi connectivity index (χ3n) is 2.59. The molecule has 0 aromatic heterocycles. The number of halogens is 1. The van der Waals surface area contributed by atoms with Crippen molar-refractivity contribution in [2.75, 3.05) is 6.54 Å². The van der Waals surface area contributed by atoms with Crippen molar-refractivity contribution in [1.29, 1.82) is 0 Å². The predicted octanol–water partition coefficient (Wildman–Crippen LogP) is 2.61. The van der Waals surface area contributed by atoms with Gasteiger partial charge in [0.1, 0.15) is 0 Å². The van der Waals surface area contributed by atoms with Crippen LogP contribution >= 0.6 is 11.6 Å². The molecule has 0 unspecified atom stereocenters. The third-order valence-corrected chi connectivity index (χ3v) is 2.96. The Morgan fingerprint density at radius 3 is 2.39 bits per heavy atom. The molecule has 0 fully saturated rings. The highest BCUT2D eigenvalue weighted by Gasteiger charge is 2.21. The van der Waals surface area contributed by atoms with Crippen LogP contribution in [0.2, 0.25) is 5.02 Å². The van der Waals surface area contributed by atoms with E-state index in [2.05, 4.69) is 5.32 Å². The van der Waals surface area contributed by atoms with Crippen molar-refractivity contribution in [3.05, 3.63) is 34.9 Å². The molecule has 0 aliphatic carbocycles. The Kier molecular flexibility index (Phi) is 4.91. The highest BCUT2D eigenvalue weighted by atomic mass is 35.5. The van der Waals surface area contributed by atoms with Gasteiger partial charge in [-0.15, -0.1) is 0 Å². The zero-order valence-corrected chi connectivity index (χ0v) is 11.7. The maximum atomic E-state index is 11.7. The summed E-state index contributed by atoms with van der Waals surface area (Å²) >= 11 is 5.96. The zero-order chi connectivity index (χ0) is 13.8. The fraction of sp³-hybridized carbons (Fsp3) is 0.429. The van der Waals surface area contributed by atoms with E-state index in [0.717, 1.165) is 5.56 Å². The van der Waals surface area contributed by atoms with Crippen molar-refractivity contribution in [3.8, 4) is 0 Å². The molecular formula is C14H18ClNO2. The van der Waals surface area contributed by atoms with Gasteiger partial charge in [0.05, 0.1) is 13.0 Å². The summed E-state index contributed by atoms with van der Waals surface area (Å²) in [6.07, 6.45) is 0.192. The third kappa shape index (κ3) is 4.49. The monoisotopic (exact) mass is 267 g/mol. The molecule has 4 heteroatoms. The molecule has 1 rings (SSSR count). The lowest BCUT2D eigenvalue weighted by Gasteiger charge is -2.16. The van der Waals surface area contributed by atoms with Gasteiger partial charge in [0, 0.05) is 10.4 Å². The van der Waals surface area contributed by atoms with Gasteiger partial charge in [-0.3, -0.25) is 9.59 Å². The van der Waals surface area contributed by atoms with Gasteiger partial charge >= 0.3 is 0 Å². The SMILES string of the molecule is CC(C)(C)C(=O)CNC(=O)Cc1ccccc1Cl. The first-order chi connectivity index (χ1) is 8.30. The van der Waals surface area contributed by atoms with E-state index in [0.29, 0.717) is 5.02 Å². The Bertz CT molecular complexity index is 449. The molecule has 3 nitrogen and oxygen atoms in total. The molecule has 0 atom stereocenters. The molecule has 0 heterocycles. The highest BCUT2D eigenvalue weighted by molar-refractivity contribution is 6.31. The van der Waals surface area contributed by atoms with E-state index in [1.54, 1.807) is 12.1 Å². The first-order valence-electron chi connectivity index (χ1n) is 5.84. The predicted molar refractivity (Wildman–Crippen MR) is 72.6 cm³/mol. The number of benzene rings is 1. The second-order valence-electron chi connectivity index (χ2n) is 5.22. The minimum absolute atomic E-state index is 0.00927. The van der Waals surface area contributed by atoms with Crippen LogP contribution in [0, 0.1) is 5.41 Å². The lowest BCUT2D eigenvalue weighted by atomic mass is 9.91. The maximum absolute atomic E-state index is 11.7. The number of hydrogen-bond donors (Lipinski definition) is 1. The van der Waals surface area contributed by atoms with Gasteiger partial charge in [0.2, 0.25) is 5.91 Å². The van der Waals surface area contributed by atoms with Crippen LogP contribution in [0.3, 0.4) is 0 Å². The molecule has 98 valence electrons. The number of carbonyl (C=O) groups is 2. The van der Waals surface area contributed by atoms with Crippen molar-refractivity contribution in [3.63, 3.8) is 0 Å². The van der Waals surface area contributed by atoms with E-state index in [9.17, 15) is 9.59 Å². The van der Waals surface area contributed by atoms with Crippen LogP contribution in [-0.4, -0.2) is 18.2 Å². The van der Waals surface area contributed by atoms with Gasteiger partial charge < -0.3 is 5.32 Å². The summed E-state index contributed by atoms with van der Waals surface area (Å²) in [5.74, 6) is -0.185. The number of Topliss-reactive ketones (excluding diaryl/α,β-unsaturated/α-hetero) is 1. The van der Waals surface area contributed by atoms with E-state index < -0.39 is 5.41 Å². The molecule has 0 saturated heterocycles. The van der Waals surface area contributed by atoms with Crippen LogP contribution in [0.1, 0.15) is 26.3 Å². The second-order valence-corrected chi connectivity index (χ2v) is 5.63. The summed E-state index contributed by atoms with van der Waals surface area (Å²) in [5.41, 5.74) is 0.331. The summed E-state index contributed by atoms with van der Waals surface area (Å²) in [6.45, 7) is 5.55. The van der Waals surface area contributed by atoms with Gasteiger partial charge in [-0.1, -0.05) is 50.6 Å². The number of carbonyl (C=O) groups excluding carboxylic acids is 2. The van der Waals surface area contributed by atoms with Gasteiger partial charge in [-0.2, -0.15) is 0 Å². The average molecular weight is 268 g/mol. The summed E-state index contributed by atoms with van der Waals surface area (Å²) < 4.78 is 0. The maximum Gasteiger partial charge on any atom is 0.224 e. The second kappa shape index (κ2) is 6.01. The quantitative estimate of drug-likeness (QED) is 0.912. The molecule has 0 radical (unpaired) electrons. The summed E-state index contributed by atoms with van der Waals surface area (Å²) in [7, 11) is 0. The Balaban J connectivity index is 2.49. The smallest absolute Gasteiger partial charge is 0.224 e. The number of rotatable bonds is 4. The van der Waals surface area contributed by atoms with Crippen LogP contribution in [-0.2, 0) is 16.0 Å².